The summed E-state index contributed by atoms with van der Waals surface area (Å²) in [5.41, 5.74) is 1.81. The van der Waals surface area contributed by atoms with Crippen LogP contribution in [0.15, 0.2) is 41.0 Å². The minimum Gasteiger partial charge on any atom is -0.447 e. The van der Waals surface area contributed by atoms with E-state index in [-0.39, 0.29) is 5.91 Å². The van der Waals surface area contributed by atoms with Gasteiger partial charge < -0.3 is 9.32 Å². The van der Waals surface area contributed by atoms with Gasteiger partial charge in [-0.2, -0.15) is 0 Å². The molecule has 3 heterocycles. The molecule has 2 aliphatic heterocycles. The third kappa shape index (κ3) is 4.80. The van der Waals surface area contributed by atoms with Gasteiger partial charge in [-0.1, -0.05) is 37.3 Å². The predicted octanol–water partition coefficient (Wildman–Crippen LogP) is 2.86. The van der Waals surface area contributed by atoms with E-state index in [0.29, 0.717) is 24.0 Å². The second kappa shape index (κ2) is 8.88. The van der Waals surface area contributed by atoms with Crippen molar-refractivity contribution >= 4 is 5.91 Å². The van der Waals surface area contributed by atoms with Gasteiger partial charge in [-0.3, -0.25) is 14.6 Å². The summed E-state index contributed by atoms with van der Waals surface area (Å²) in [6.45, 7) is 9.61. The number of benzene rings is 1. The molecule has 0 aliphatic carbocycles. The molecule has 0 saturated carbocycles. The fourth-order valence-electron chi connectivity index (χ4n) is 3.99. The van der Waals surface area contributed by atoms with Gasteiger partial charge in [0, 0.05) is 45.8 Å². The van der Waals surface area contributed by atoms with Crippen LogP contribution < -0.4 is 0 Å². The van der Waals surface area contributed by atoms with E-state index in [1.54, 1.807) is 0 Å². The molecule has 2 fully saturated rings. The van der Waals surface area contributed by atoms with Crippen LogP contribution in [0.25, 0.3) is 0 Å². The molecule has 0 N–H and O–H groups in total. The molecule has 0 bridgehead atoms. The normalized spacial score (nSPS) is 19.8. The number of carbonyl (C=O) groups is 1. The minimum absolute atomic E-state index is 0.00887. The van der Waals surface area contributed by atoms with Crippen molar-refractivity contribution in [1.29, 1.82) is 0 Å². The van der Waals surface area contributed by atoms with Crippen molar-refractivity contribution in [2.75, 3.05) is 39.3 Å². The number of carbonyl (C=O) groups excluding carboxylic acids is 1. The van der Waals surface area contributed by atoms with E-state index in [1.165, 1.54) is 11.8 Å². The van der Waals surface area contributed by atoms with Gasteiger partial charge in [0.05, 0.1) is 6.54 Å². The van der Waals surface area contributed by atoms with Crippen LogP contribution >= 0.6 is 0 Å². The van der Waals surface area contributed by atoms with Crippen molar-refractivity contribution in [2.45, 2.75) is 32.9 Å². The van der Waals surface area contributed by atoms with Gasteiger partial charge in [-0.15, -0.1) is 0 Å². The maximum atomic E-state index is 12.6. The smallest absolute Gasteiger partial charge is 0.275 e. The zero-order valence-electron chi connectivity index (χ0n) is 16.7. The van der Waals surface area contributed by atoms with Gasteiger partial charge in [-0.05, 0) is 24.3 Å². The number of oxazole rings is 1. The van der Waals surface area contributed by atoms with Gasteiger partial charge in [0.1, 0.15) is 6.26 Å². The van der Waals surface area contributed by atoms with E-state index in [2.05, 4.69) is 52.0 Å². The Labute approximate surface area is 167 Å². The molecular weight excluding hydrogens is 352 g/mol. The van der Waals surface area contributed by atoms with Crippen molar-refractivity contribution in [3.63, 3.8) is 0 Å². The molecule has 6 nitrogen and oxygen atoms in total. The summed E-state index contributed by atoms with van der Waals surface area (Å²) in [6.07, 6.45) is 3.68. The summed E-state index contributed by atoms with van der Waals surface area (Å²) in [5, 5.41) is 0. The average Bonchev–Trinajstić information content (AvgIpc) is 3.19. The third-order valence-electron chi connectivity index (χ3n) is 5.91. The number of rotatable bonds is 5. The highest BCUT2D eigenvalue weighted by Crippen LogP contribution is 2.18. The van der Waals surface area contributed by atoms with Crippen LogP contribution in [-0.4, -0.2) is 64.9 Å². The summed E-state index contributed by atoms with van der Waals surface area (Å²) >= 11 is 0. The second-order valence-corrected chi connectivity index (χ2v) is 8.14. The lowest BCUT2D eigenvalue weighted by Gasteiger charge is -2.34. The Morgan fingerprint density at radius 1 is 1.00 bits per heavy atom. The Morgan fingerprint density at radius 2 is 1.64 bits per heavy atom. The Bertz CT molecular complexity index is 760. The highest BCUT2D eigenvalue weighted by Gasteiger charge is 2.25. The van der Waals surface area contributed by atoms with Crippen molar-refractivity contribution in [3.8, 4) is 0 Å². The first-order valence-corrected chi connectivity index (χ1v) is 10.4. The van der Waals surface area contributed by atoms with E-state index in [1.807, 2.05) is 4.90 Å². The lowest BCUT2D eigenvalue weighted by molar-refractivity contribution is 0.0691. The number of nitrogens with zero attached hydrogens (tertiary/aromatic N) is 4. The van der Waals surface area contributed by atoms with Crippen LogP contribution in [0.1, 0.15) is 41.7 Å². The van der Waals surface area contributed by atoms with Crippen molar-refractivity contribution < 1.29 is 9.21 Å². The zero-order chi connectivity index (χ0) is 19.3. The molecule has 0 radical (unpaired) electrons. The average molecular weight is 383 g/mol. The van der Waals surface area contributed by atoms with Crippen molar-refractivity contribution in [1.82, 2.24) is 19.7 Å². The Morgan fingerprint density at radius 3 is 2.32 bits per heavy atom. The monoisotopic (exact) mass is 382 g/mol. The molecule has 1 amide bonds. The molecular formula is C22H30N4O2. The molecule has 1 aromatic carbocycles. The van der Waals surface area contributed by atoms with E-state index in [4.69, 9.17) is 4.42 Å². The van der Waals surface area contributed by atoms with Crippen LogP contribution in [-0.2, 0) is 13.1 Å². The first-order valence-electron chi connectivity index (χ1n) is 10.4. The van der Waals surface area contributed by atoms with Gasteiger partial charge in [-0.25, -0.2) is 4.98 Å². The molecule has 4 rings (SSSR count). The predicted molar refractivity (Wildman–Crippen MR) is 108 cm³/mol. The minimum atomic E-state index is 0.00887. The summed E-state index contributed by atoms with van der Waals surface area (Å²) in [5.74, 6) is 1.36. The number of likely N-dealkylation sites (tertiary alicyclic amines) is 1. The summed E-state index contributed by atoms with van der Waals surface area (Å²) in [4.78, 5) is 23.8. The Kier molecular flexibility index (Phi) is 6.07. The summed E-state index contributed by atoms with van der Waals surface area (Å²) < 4.78 is 5.61. The van der Waals surface area contributed by atoms with Crippen LogP contribution in [0.3, 0.4) is 0 Å². The molecule has 150 valence electrons. The Hall–Kier alpha value is -2.18. The molecule has 2 saturated heterocycles. The maximum absolute atomic E-state index is 12.6. The number of hydrogen-bond donors (Lipinski definition) is 0. The first kappa shape index (κ1) is 19.2. The number of hydrogen-bond acceptors (Lipinski definition) is 5. The standard InChI is InChI=1S/C22H30N4O2/c1-18-7-9-26(10-8-18)22(27)20-17-28-21(23-20)16-25-13-11-24(12-14-25)15-19-5-3-2-4-6-19/h2-6,17-18H,7-16H2,1H3. The zero-order valence-corrected chi connectivity index (χ0v) is 16.7. The van der Waals surface area contributed by atoms with Crippen LogP contribution in [0.2, 0.25) is 0 Å². The number of piperazine rings is 1. The lowest BCUT2D eigenvalue weighted by Crippen LogP contribution is -2.45. The van der Waals surface area contributed by atoms with Crippen LogP contribution in [0, 0.1) is 5.92 Å². The molecule has 2 aromatic rings. The molecule has 1 aromatic heterocycles. The summed E-state index contributed by atoms with van der Waals surface area (Å²) in [6, 6.07) is 10.6. The molecule has 6 heteroatoms. The fourth-order valence-corrected chi connectivity index (χ4v) is 3.99. The molecule has 0 unspecified atom stereocenters. The highest BCUT2D eigenvalue weighted by molar-refractivity contribution is 5.92. The highest BCUT2D eigenvalue weighted by atomic mass is 16.3. The van der Waals surface area contributed by atoms with E-state index in [0.717, 1.165) is 58.7 Å². The largest absolute Gasteiger partial charge is 0.447 e. The molecule has 0 spiro atoms. The summed E-state index contributed by atoms with van der Waals surface area (Å²) in [7, 11) is 0. The number of aromatic nitrogens is 1. The molecule has 0 atom stereocenters. The third-order valence-corrected chi connectivity index (χ3v) is 5.91. The van der Waals surface area contributed by atoms with Gasteiger partial charge >= 0.3 is 0 Å². The Balaban J connectivity index is 1.25. The second-order valence-electron chi connectivity index (χ2n) is 8.14. The van der Waals surface area contributed by atoms with Crippen molar-refractivity contribution in [2.24, 2.45) is 5.92 Å². The van der Waals surface area contributed by atoms with Gasteiger partial charge in [0.15, 0.2) is 5.69 Å². The lowest BCUT2D eigenvalue weighted by atomic mass is 9.99. The van der Waals surface area contributed by atoms with Crippen LogP contribution in [0.4, 0.5) is 0 Å². The van der Waals surface area contributed by atoms with E-state index >= 15 is 0 Å². The topological polar surface area (TPSA) is 52.8 Å². The maximum Gasteiger partial charge on any atom is 0.275 e. The fraction of sp³-hybridized carbons (Fsp3) is 0.545. The SMILES string of the molecule is CC1CCN(C(=O)c2coc(CN3CCN(Cc4ccccc4)CC3)n2)CC1. The van der Waals surface area contributed by atoms with Gasteiger partial charge in [0.2, 0.25) is 5.89 Å². The number of amides is 1. The van der Waals surface area contributed by atoms with E-state index in [9.17, 15) is 4.79 Å². The van der Waals surface area contributed by atoms with Gasteiger partial charge in [0.25, 0.3) is 5.91 Å². The first-order chi connectivity index (χ1) is 13.7. The molecule has 2 aliphatic rings. The van der Waals surface area contributed by atoms with Crippen LogP contribution in [0.5, 0.6) is 0 Å². The molecule has 28 heavy (non-hydrogen) atoms. The van der Waals surface area contributed by atoms with E-state index < -0.39 is 0 Å². The number of piperidine rings is 1. The van der Waals surface area contributed by atoms with Crippen molar-refractivity contribution in [3.05, 3.63) is 53.7 Å². The quantitative estimate of drug-likeness (QED) is 0.796.